The van der Waals surface area contributed by atoms with Crippen LogP contribution >= 0.6 is 0 Å². The summed E-state index contributed by atoms with van der Waals surface area (Å²) < 4.78 is 10.5. The van der Waals surface area contributed by atoms with E-state index in [0.717, 1.165) is 30.3 Å². The van der Waals surface area contributed by atoms with Crippen LogP contribution in [0.4, 0.5) is 5.69 Å². The Balaban J connectivity index is 2.96. The zero-order valence-electron chi connectivity index (χ0n) is 11.1. The summed E-state index contributed by atoms with van der Waals surface area (Å²) in [4.78, 5) is 2.21. The van der Waals surface area contributed by atoms with Gasteiger partial charge in [-0.05, 0) is 26.0 Å². The molecular formula is C13H22N2O2. The van der Waals surface area contributed by atoms with Crippen molar-refractivity contribution in [1.29, 1.82) is 0 Å². The van der Waals surface area contributed by atoms with Gasteiger partial charge < -0.3 is 20.1 Å². The van der Waals surface area contributed by atoms with Crippen LogP contribution in [0.15, 0.2) is 18.2 Å². The Bertz CT molecular complexity index is 353. The van der Waals surface area contributed by atoms with E-state index in [2.05, 4.69) is 11.8 Å². The summed E-state index contributed by atoms with van der Waals surface area (Å²) in [7, 11) is 3.28. The van der Waals surface area contributed by atoms with Gasteiger partial charge in [0, 0.05) is 30.9 Å². The lowest BCUT2D eigenvalue weighted by Gasteiger charge is -2.25. The Hall–Kier alpha value is -1.42. The lowest BCUT2D eigenvalue weighted by atomic mass is 10.2. The highest BCUT2D eigenvalue weighted by molar-refractivity contribution is 5.56. The van der Waals surface area contributed by atoms with Gasteiger partial charge in [-0.1, -0.05) is 0 Å². The summed E-state index contributed by atoms with van der Waals surface area (Å²) in [5, 5.41) is 0. The van der Waals surface area contributed by atoms with Gasteiger partial charge in [0.25, 0.3) is 0 Å². The predicted molar refractivity (Wildman–Crippen MR) is 71.1 cm³/mol. The maximum Gasteiger partial charge on any atom is 0.162 e. The Morgan fingerprint density at radius 2 is 1.88 bits per heavy atom. The van der Waals surface area contributed by atoms with Crippen LogP contribution < -0.4 is 20.1 Å². The minimum Gasteiger partial charge on any atom is -0.493 e. The molecule has 0 aliphatic carbocycles. The van der Waals surface area contributed by atoms with Crippen molar-refractivity contribution in [2.24, 2.45) is 5.73 Å². The van der Waals surface area contributed by atoms with Gasteiger partial charge in [0.1, 0.15) is 0 Å². The number of benzene rings is 1. The maximum atomic E-state index is 5.84. The lowest BCUT2D eigenvalue weighted by molar-refractivity contribution is 0.355. The van der Waals surface area contributed by atoms with Gasteiger partial charge in [-0.25, -0.2) is 0 Å². The molecule has 0 saturated heterocycles. The molecule has 0 saturated carbocycles. The number of hydrogen-bond acceptors (Lipinski definition) is 4. The Morgan fingerprint density at radius 1 is 1.24 bits per heavy atom. The normalized spacial score (nSPS) is 12.1. The highest BCUT2D eigenvalue weighted by Gasteiger charge is 2.10. The first kappa shape index (κ1) is 13.6. The molecule has 0 bridgehead atoms. The van der Waals surface area contributed by atoms with E-state index < -0.39 is 0 Å². The standard InChI is InChI=1S/C13H22N2O2/c1-5-15(9-10(2)14)11-6-7-12(16-3)13(8-11)17-4/h6-8,10H,5,9,14H2,1-4H3. The van der Waals surface area contributed by atoms with Crippen LogP contribution in [0.5, 0.6) is 11.5 Å². The predicted octanol–water partition coefficient (Wildman–Crippen LogP) is 1.88. The fourth-order valence-electron chi connectivity index (χ4n) is 1.79. The largest absolute Gasteiger partial charge is 0.493 e. The summed E-state index contributed by atoms with van der Waals surface area (Å²) in [5.74, 6) is 1.49. The zero-order chi connectivity index (χ0) is 12.8. The van der Waals surface area contributed by atoms with Crippen molar-refractivity contribution >= 4 is 5.69 Å². The van der Waals surface area contributed by atoms with Crippen LogP contribution in [0.2, 0.25) is 0 Å². The zero-order valence-corrected chi connectivity index (χ0v) is 11.1. The summed E-state index contributed by atoms with van der Waals surface area (Å²) in [6, 6.07) is 6.05. The number of hydrogen-bond donors (Lipinski definition) is 1. The van der Waals surface area contributed by atoms with E-state index in [-0.39, 0.29) is 6.04 Å². The van der Waals surface area contributed by atoms with Gasteiger partial charge >= 0.3 is 0 Å². The average Bonchev–Trinajstić information content (AvgIpc) is 2.34. The summed E-state index contributed by atoms with van der Waals surface area (Å²) in [5.41, 5.74) is 6.93. The third-order valence-corrected chi connectivity index (χ3v) is 2.62. The number of nitrogens with two attached hydrogens (primary N) is 1. The SMILES string of the molecule is CCN(CC(C)N)c1ccc(OC)c(OC)c1. The Morgan fingerprint density at radius 3 is 2.35 bits per heavy atom. The molecule has 0 radical (unpaired) electrons. The van der Waals surface area contributed by atoms with E-state index >= 15 is 0 Å². The van der Waals surface area contributed by atoms with Crippen molar-refractivity contribution in [1.82, 2.24) is 0 Å². The summed E-state index contributed by atoms with van der Waals surface area (Å²) in [6.45, 7) is 5.85. The minimum absolute atomic E-state index is 0.142. The molecule has 0 heterocycles. The van der Waals surface area contributed by atoms with Crippen molar-refractivity contribution in [3.63, 3.8) is 0 Å². The van der Waals surface area contributed by atoms with Crippen molar-refractivity contribution in [3.05, 3.63) is 18.2 Å². The fraction of sp³-hybridized carbons (Fsp3) is 0.538. The molecule has 0 spiro atoms. The van der Waals surface area contributed by atoms with Crippen LogP contribution in [-0.2, 0) is 0 Å². The molecule has 0 aliphatic rings. The second-order valence-corrected chi connectivity index (χ2v) is 4.06. The molecule has 2 N–H and O–H groups in total. The van der Waals surface area contributed by atoms with E-state index in [1.807, 2.05) is 25.1 Å². The number of rotatable bonds is 6. The molecule has 1 atom stereocenters. The van der Waals surface area contributed by atoms with E-state index in [1.54, 1.807) is 14.2 Å². The molecule has 1 aromatic rings. The van der Waals surface area contributed by atoms with Crippen molar-refractivity contribution in [2.45, 2.75) is 19.9 Å². The Labute approximate surface area is 103 Å². The minimum atomic E-state index is 0.142. The van der Waals surface area contributed by atoms with Gasteiger partial charge in [-0.2, -0.15) is 0 Å². The highest BCUT2D eigenvalue weighted by Crippen LogP contribution is 2.31. The van der Waals surface area contributed by atoms with E-state index in [1.165, 1.54) is 0 Å². The van der Waals surface area contributed by atoms with Crippen LogP contribution in [0.3, 0.4) is 0 Å². The molecule has 0 amide bonds. The maximum absolute atomic E-state index is 5.84. The van der Waals surface area contributed by atoms with Gasteiger partial charge in [-0.15, -0.1) is 0 Å². The Kier molecular flexibility index (Phi) is 5.10. The van der Waals surface area contributed by atoms with E-state index in [9.17, 15) is 0 Å². The molecule has 96 valence electrons. The second kappa shape index (κ2) is 6.35. The van der Waals surface area contributed by atoms with Gasteiger partial charge in [-0.3, -0.25) is 0 Å². The topological polar surface area (TPSA) is 47.7 Å². The number of likely N-dealkylation sites (N-methyl/N-ethyl adjacent to an activating group) is 1. The fourth-order valence-corrected chi connectivity index (χ4v) is 1.79. The third-order valence-electron chi connectivity index (χ3n) is 2.62. The monoisotopic (exact) mass is 238 g/mol. The van der Waals surface area contributed by atoms with Gasteiger partial charge in [0.2, 0.25) is 0 Å². The lowest BCUT2D eigenvalue weighted by Crippen LogP contribution is -2.35. The number of ether oxygens (including phenoxy) is 2. The first-order valence-electron chi connectivity index (χ1n) is 5.84. The molecule has 4 nitrogen and oxygen atoms in total. The summed E-state index contributed by atoms with van der Waals surface area (Å²) >= 11 is 0. The number of anilines is 1. The van der Waals surface area contributed by atoms with Crippen LogP contribution in [0.25, 0.3) is 0 Å². The molecule has 4 heteroatoms. The van der Waals surface area contributed by atoms with Crippen molar-refractivity contribution in [2.75, 3.05) is 32.2 Å². The number of methoxy groups -OCH3 is 2. The quantitative estimate of drug-likeness (QED) is 0.822. The van der Waals surface area contributed by atoms with E-state index in [4.69, 9.17) is 15.2 Å². The first-order chi connectivity index (χ1) is 8.12. The first-order valence-corrected chi connectivity index (χ1v) is 5.84. The summed E-state index contributed by atoms with van der Waals surface area (Å²) in [6.07, 6.45) is 0. The van der Waals surface area contributed by atoms with Crippen LogP contribution in [-0.4, -0.2) is 33.4 Å². The molecule has 1 rings (SSSR count). The average molecular weight is 238 g/mol. The smallest absolute Gasteiger partial charge is 0.162 e. The second-order valence-electron chi connectivity index (χ2n) is 4.06. The molecular weight excluding hydrogens is 216 g/mol. The molecule has 1 unspecified atom stereocenters. The third kappa shape index (κ3) is 3.53. The van der Waals surface area contributed by atoms with Gasteiger partial charge in [0.05, 0.1) is 14.2 Å². The molecule has 0 aromatic heterocycles. The van der Waals surface area contributed by atoms with Crippen LogP contribution in [0, 0.1) is 0 Å². The molecule has 0 aliphatic heterocycles. The van der Waals surface area contributed by atoms with Crippen molar-refractivity contribution < 1.29 is 9.47 Å². The van der Waals surface area contributed by atoms with E-state index in [0.29, 0.717) is 0 Å². The highest BCUT2D eigenvalue weighted by atomic mass is 16.5. The molecule has 0 fully saturated rings. The molecule has 1 aromatic carbocycles. The van der Waals surface area contributed by atoms with Crippen LogP contribution in [0.1, 0.15) is 13.8 Å². The number of nitrogens with zero attached hydrogens (tertiary/aromatic N) is 1. The van der Waals surface area contributed by atoms with Gasteiger partial charge in [0.15, 0.2) is 11.5 Å². The van der Waals surface area contributed by atoms with Crippen molar-refractivity contribution in [3.8, 4) is 11.5 Å². The molecule has 17 heavy (non-hydrogen) atoms.